The second kappa shape index (κ2) is 4.81. The highest BCUT2D eigenvalue weighted by molar-refractivity contribution is 5.90. The number of nitrogens with two attached hydrogens (primary N) is 1. The summed E-state index contributed by atoms with van der Waals surface area (Å²) < 4.78 is 13.4. The Hall–Kier alpha value is -1.62. The van der Waals surface area contributed by atoms with Crippen molar-refractivity contribution in [3.05, 3.63) is 29.6 Å². The van der Waals surface area contributed by atoms with E-state index in [1.807, 2.05) is 25.7 Å². The van der Waals surface area contributed by atoms with Crippen molar-refractivity contribution in [2.75, 3.05) is 18.0 Å². The second-order valence-electron chi connectivity index (χ2n) is 5.46. The van der Waals surface area contributed by atoms with Gasteiger partial charge in [0.1, 0.15) is 11.4 Å². The maximum Gasteiger partial charge on any atom is 0.245 e. The fraction of sp³-hybridized carbons (Fsp3) is 0.500. The van der Waals surface area contributed by atoms with Crippen molar-refractivity contribution in [3.8, 4) is 0 Å². The SMILES string of the molecule is CC(N)c1cc(F)ccc1N1CCNC(=O)C1(C)C. The largest absolute Gasteiger partial charge is 0.355 e. The number of carbonyl (C=O) groups is 1. The number of nitrogens with zero attached hydrogens (tertiary/aromatic N) is 1. The molecule has 4 nitrogen and oxygen atoms in total. The minimum atomic E-state index is -0.667. The molecule has 1 amide bonds. The van der Waals surface area contributed by atoms with Crippen LogP contribution in [0, 0.1) is 5.82 Å². The van der Waals surface area contributed by atoms with Crippen LogP contribution in [0.5, 0.6) is 0 Å². The van der Waals surface area contributed by atoms with Gasteiger partial charge in [-0.1, -0.05) is 0 Å². The van der Waals surface area contributed by atoms with Gasteiger partial charge in [0.2, 0.25) is 5.91 Å². The lowest BCUT2D eigenvalue weighted by Crippen LogP contribution is -2.62. The Bertz CT molecular complexity index is 499. The van der Waals surface area contributed by atoms with Crippen molar-refractivity contribution in [2.45, 2.75) is 32.4 Å². The molecule has 1 aromatic rings. The van der Waals surface area contributed by atoms with Crippen LogP contribution in [-0.2, 0) is 4.79 Å². The normalized spacial score (nSPS) is 20.1. The molecule has 1 saturated heterocycles. The average Bonchev–Trinajstić information content (AvgIpc) is 2.33. The van der Waals surface area contributed by atoms with E-state index in [1.165, 1.54) is 12.1 Å². The molecular formula is C14H20FN3O. The fourth-order valence-electron chi connectivity index (χ4n) is 2.46. The Balaban J connectivity index is 2.49. The lowest BCUT2D eigenvalue weighted by atomic mass is 9.95. The number of piperazine rings is 1. The number of hydrogen-bond acceptors (Lipinski definition) is 3. The molecule has 104 valence electrons. The molecule has 1 heterocycles. The average molecular weight is 265 g/mol. The zero-order chi connectivity index (χ0) is 14.2. The standard InChI is InChI=1S/C14H20FN3O/c1-9(16)11-8-10(15)4-5-12(11)18-7-6-17-13(19)14(18,2)3/h4-5,8-9H,6-7,16H2,1-3H3,(H,17,19). The van der Waals surface area contributed by atoms with E-state index < -0.39 is 5.54 Å². The molecule has 0 saturated carbocycles. The van der Waals surface area contributed by atoms with Gasteiger partial charge in [-0.2, -0.15) is 0 Å². The zero-order valence-corrected chi connectivity index (χ0v) is 11.5. The van der Waals surface area contributed by atoms with Gasteiger partial charge in [-0.3, -0.25) is 4.79 Å². The van der Waals surface area contributed by atoms with E-state index in [1.54, 1.807) is 6.07 Å². The van der Waals surface area contributed by atoms with Gasteiger partial charge < -0.3 is 16.0 Å². The first-order valence-electron chi connectivity index (χ1n) is 6.45. The van der Waals surface area contributed by atoms with E-state index in [4.69, 9.17) is 5.73 Å². The molecule has 1 aliphatic rings. The first kappa shape index (κ1) is 13.8. The van der Waals surface area contributed by atoms with Crippen LogP contribution in [-0.4, -0.2) is 24.5 Å². The molecule has 0 aromatic heterocycles. The number of anilines is 1. The third kappa shape index (κ3) is 2.42. The molecule has 0 radical (unpaired) electrons. The van der Waals surface area contributed by atoms with E-state index >= 15 is 0 Å². The molecule has 5 heteroatoms. The predicted molar refractivity (Wildman–Crippen MR) is 73.4 cm³/mol. The molecule has 0 spiro atoms. The van der Waals surface area contributed by atoms with Crippen molar-refractivity contribution >= 4 is 11.6 Å². The highest BCUT2D eigenvalue weighted by Crippen LogP contribution is 2.32. The van der Waals surface area contributed by atoms with E-state index in [2.05, 4.69) is 5.32 Å². The Morgan fingerprint density at radius 2 is 2.16 bits per heavy atom. The lowest BCUT2D eigenvalue weighted by Gasteiger charge is -2.44. The number of halogens is 1. The molecular weight excluding hydrogens is 245 g/mol. The monoisotopic (exact) mass is 265 g/mol. The van der Waals surface area contributed by atoms with Crippen LogP contribution < -0.4 is 16.0 Å². The van der Waals surface area contributed by atoms with Crippen LogP contribution in [0.3, 0.4) is 0 Å². The third-order valence-corrected chi connectivity index (χ3v) is 3.62. The summed E-state index contributed by atoms with van der Waals surface area (Å²) in [6, 6.07) is 4.27. The maximum absolute atomic E-state index is 13.4. The number of benzene rings is 1. The molecule has 1 atom stereocenters. The van der Waals surface area contributed by atoms with E-state index in [9.17, 15) is 9.18 Å². The van der Waals surface area contributed by atoms with Crippen molar-refractivity contribution < 1.29 is 9.18 Å². The Labute approximate surface area is 112 Å². The molecule has 19 heavy (non-hydrogen) atoms. The van der Waals surface area contributed by atoms with Crippen LogP contribution in [0.4, 0.5) is 10.1 Å². The summed E-state index contributed by atoms with van der Waals surface area (Å²) in [5, 5.41) is 2.85. The first-order valence-corrected chi connectivity index (χ1v) is 6.45. The number of nitrogens with one attached hydrogen (secondary N) is 1. The number of hydrogen-bond donors (Lipinski definition) is 2. The minimum Gasteiger partial charge on any atom is -0.355 e. The molecule has 1 fully saturated rings. The Kier molecular flexibility index (Phi) is 3.49. The topological polar surface area (TPSA) is 58.4 Å². The van der Waals surface area contributed by atoms with Crippen LogP contribution in [0.2, 0.25) is 0 Å². The highest BCUT2D eigenvalue weighted by atomic mass is 19.1. The van der Waals surface area contributed by atoms with Crippen molar-refractivity contribution in [3.63, 3.8) is 0 Å². The second-order valence-corrected chi connectivity index (χ2v) is 5.46. The summed E-state index contributed by atoms with van der Waals surface area (Å²) in [4.78, 5) is 14.0. The van der Waals surface area contributed by atoms with Gasteiger partial charge in [0.05, 0.1) is 0 Å². The minimum absolute atomic E-state index is 0.0290. The molecule has 1 unspecified atom stereocenters. The van der Waals surface area contributed by atoms with Crippen LogP contribution in [0.25, 0.3) is 0 Å². The molecule has 1 aromatic carbocycles. The van der Waals surface area contributed by atoms with Gasteiger partial charge in [-0.25, -0.2) is 4.39 Å². The third-order valence-electron chi connectivity index (χ3n) is 3.62. The summed E-state index contributed by atoms with van der Waals surface area (Å²) in [5.74, 6) is -0.339. The molecule has 3 N–H and O–H groups in total. The summed E-state index contributed by atoms with van der Waals surface area (Å²) in [6.07, 6.45) is 0. The van der Waals surface area contributed by atoms with Crippen molar-refractivity contribution in [1.82, 2.24) is 5.32 Å². The molecule has 2 rings (SSSR count). The molecule has 0 aliphatic carbocycles. The number of amides is 1. The number of carbonyl (C=O) groups excluding carboxylic acids is 1. The summed E-state index contributed by atoms with van der Waals surface area (Å²) in [5.41, 5.74) is 6.81. The first-order chi connectivity index (χ1) is 8.84. The van der Waals surface area contributed by atoms with E-state index in [0.29, 0.717) is 13.1 Å². The van der Waals surface area contributed by atoms with Gasteiger partial charge in [-0.05, 0) is 44.5 Å². The Morgan fingerprint density at radius 1 is 1.47 bits per heavy atom. The smallest absolute Gasteiger partial charge is 0.245 e. The van der Waals surface area contributed by atoms with Gasteiger partial charge in [-0.15, -0.1) is 0 Å². The van der Waals surface area contributed by atoms with Crippen LogP contribution in [0.15, 0.2) is 18.2 Å². The molecule has 0 bridgehead atoms. The summed E-state index contributed by atoms with van der Waals surface area (Å²) in [7, 11) is 0. The van der Waals surface area contributed by atoms with Gasteiger partial charge in [0, 0.05) is 24.8 Å². The van der Waals surface area contributed by atoms with Crippen molar-refractivity contribution in [1.29, 1.82) is 0 Å². The fourth-order valence-corrected chi connectivity index (χ4v) is 2.46. The van der Waals surface area contributed by atoms with E-state index in [-0.39, 0.29) is 17.8 Å². The predicted octanol–water partition coefficient (Wildman–Crippen LogP) is 1.56. The highest BCUT2D eigenvalue weighted by Gasteiger charge is 2.38. The van der Waals surface area contributed by atoms with Gasteiger partial charge in [0.15, 0.2) is 0 Å². The molecule has 1 aliphatic heterocycles. The number of rotatable bonds is 2. The Morgan fingerprint density at radius 3 is 2.79 bits per heavy atom. The van der Waals surface area contributed by atoms with Crippen LogP contribution >= 0.6 is 0 Å². The maximum atomic E-state index is 13.4. The van der Waals surface area contributed by atoms with Crippen LogP contribution in [0.1, 0.15) is 32.4 Å². The zero-order valence-electron chi connectivity index (χ0n) is 11.5. The summed E-state index contributed by atoms with van der Waals surface area (Å²) in [6.45, 7) is 6.79. The van der Waals surface area contributed by atoms with Crippen molar-refractivity contribution in [2.24, 2.45) is 5.73 Å². The van der Waals surface area contributed by atoms with Gasteiger partial charge in [0.25, 0.3) is 0 Å². The van der Waals surface area contributed by atoms with Gasteiger partial charge >= 0.3 is 0 Å². The quantitative estimate of drug-likeness (QED) is 0.853. The lowest BCUT2D eigenvalue weighted by molar-refractivity contribution is -0.126. The summed E-state index contributed by atoms with van der Waals surface area (Å²) >= 11 is 0. The van der Waals surface area contributed by atoms with E-state index in [0.717, 1.165) is 11.3 Å².